The zero-order valence-corrected chi connectivity index (χ0v) is 14.8. The van der Waals surface area contributed by atoms with Crippen molar-refractivity contribution in [3.05, 3.63) is 57.0 Å². The third-order valence-corrected chi connectivity index (χ3v) is 4.15. The largest absolute Gasteiger partial charge is 0.493 e. The van der Waals surface area contributed by atoms with Crippen LogP contribution in [-0.2, 0) is 6.54 Å². The van der Waals surface area contributed by atoms with Crippen LogP contribution >= 0.6 is 27.5 Å². The molecule has 2 aromatic carbocycles. The molecule has 0 aliphatic carbocycles. The van der Waals surface area contributed by atoms with E-state index in [-0.39, 0.29) is 0 Å². The molecule has 0 saturated heterocycles. The van der Waals surface area contributed by atoms with Crippen molar-refractivity contribution in [2.24, 2.45) is 0 Å². The standard InChI is InChI=1S/C17H19BrClNO/c1-11(2)13-6-4-12(5-7-13)10-20-16-9-14(19)8-15(18)17(16)21-3/h4-9,11,20H,10H2,1-3H3. The molecule has 0 aliphatic rings. The van der Waals surface area contributed by atoms with Gasteiger partial charge in [0, 0.05) is 11.6 Å². The SMILES string of the molecule is COc1c(Br)cc(Cl)cc1NCc1ccc(C(C)C)cc1. The second-order valence-electron chi connectivity index (χ2n) is 5.22. The van der Waals surface area contributed by atoms with Gasteiger partial charge in [-0.1, -0.05) is 49.7 Å². The van der Waals surface area contributed by atoms with Crippen LogP contribution in [0.15, 0.2) is 40.9 Å². The Morgan fingerprint density at radius 3 is 2.43 bits per heavy atom. The second kappa shape index (κ2) is 7.19. The normalized spacial score (nSPS) is 10.8. The van der Waals surface area contributed by atoms with E-state index >= 15 is 0 Å². The number of anilines is 1. The summed E-state index contributed by atoms with van der Waals surface area (Å²) in [6.07, 6.45) is 0. The average Bonchev–Trinajstić information content (AvgIpc) is 2.45. The quantitative estimate of drug-likeness (QED) is 0.715. The van der Waals surface area contributed by atoms with Gasteiger partial charge in [0.1, 0.15) is 0 Å². The maximum absolute atomic E-state index is 6.09. The van der Waals surface area contributed by atoms with Crippen LogP contribution in [0.1, 0.15) is 30.9 Å². The van der Waals surface area contributed by atoms with Gasteiger partial charge in [0.05, 0.1) is 17.3 Å². The first-order valence-electron chi connectivity index (χ1n) is 6.87. The molecule has 0 amide bonds. The predicted molar refractivity (Wildman–Crippen MR) is 93.6 cm³/mol. The van der Waals surface area contributed by atoms with E-state index < -0.39 is 0 Å². The highest BCUT2D eigenvalue weighted by molar-refractivity contribution is 9.10. The lowest BCUT2D eigenvalue weighted by Gasteiger charge is -2.14. The number of halogens is 2. The smallest absolute Gasteiger partial charge is 0.156 e. The van der Waals surface area contributed by atoms with Gasteiger partial charge in [-0.05, 0) is 45.1 Å². The van der Waals surface area contributed by atoms with Crippen LogP contribution in [0.5, 0.6) is 5.75 Å². The van der Waals surface area contributed by atoms with Gasteiger partial charge in [0.2, 0.25) is 0 Å². The molecule has 0 bridgehead atoms. The summed E-state index contributed by atoms with van der Waals surface area (Å²) in [5.74, 6) is 1.31. The lowest BCUT2D eigenvalue weighted by Crippen LogP contribution is -2.02. The van der Waals surface area contributed by atoms with Crippen molar-refractivity contribution in [3.63, 3.8) is 0 Å². The van der Waals surface area contributed by atoms with Gasteiger partial charge in [-0.25, -0.2) is 0 Å². The van der Waals surface area contributed by atoms with Crippen molar-refractivity contribution < 1.29 is 4.74 Å². The number of benzene rings is 2. The molecule has 0 saturated carbocycles. The number of methoxy groups -OCH3 is 1. The lowest BCUT2D eigenvalue weighted by atomic mass is 10.0. The van der Waals surface area contributed by atoms with Gasteiger partial charge in [0.15, 0.2) is 5.75 Å². The first kappa shape index (κ1) is 16.2. The highest BCUT2D eigenvalue weighted by atomic mass is 79.9. The Bertz CT molecular complexity index is 611. The van der Waals surface area contributed by atoms with E-state index in [1.165, 1.54) is 11.1 Å². The molecule has 2 rings (SSSR count). The van der Waals surface area contributed by atoms with E-state index in [2.05, 4.69) is 59.4 Å². The molecule has 0 spiro atoms. The van der Waals surface area contributed by atoms with E-state index in [9.17, 15) is 0 Å². The molecule has 2 nitrogen and oxygen atoms in total. The number of rotatable bonds is 5. The minimum Gasteiger partial charge on any atom is -0.493 e. The molecule has 1 N–H and O–H groups in total. The molecule has 0 heterocycles. The highest BCUT2D eigenvalue weighted by Gasteiger charge is 2.09. The summed E-state index contributed by atoms with van der Waals surface area (Å²) in [6.45, 7) is 5.12. The lowest BCUT2D eigenvalue weighted by molar-refractivity contribution is 0.414. The molecule has 0 atom stereocenters. The van der Waals surface area contributed by atoms with E-state index in [1.54, 1.807) is 7.11 Å². The van der Waals surface area contributed by atoms with Crippen LogP contribution in [0.3, 0.4) is 0 Å². The van der Waals surface area contributed by atoms with E-state index in [0.717, 1.165) is 22.5 Å². The minimum absolute atomic E-state index is 0.552. The van der Waals surface area contributed by atoms with E-state index in [1.807, 2.05) is 12.1 Å². The maximum Gasteiger partial charge on any atom is 0.156 e. The van der Waals surface area contributed by atoms with Gasteiger partial charge < -0.3 is 10.1 Å². The maximum atomic E-state index is 6.09. The number of nitrogens with one attached hydrogen (secondary N) is 1. The zero-order chi connectivity index (χ0) is 15.4. The summed E-state index contributed by atoms with van der Waals surface area (Å²) in [5, 5.41) is 4.04. The fraction of sp³-hybridized carbons (Fsp3) is 0.294. The van der Waals surface area contributed by atoms with Gasteiger partial charge in [-0.3, -0.25) is 0 Å². The van der Waals surface area contributed by atoms with Crippen LogP contribution < -0.4 is 10.1 Å². The van der Waals surface area contributed by atoms with Crippen LogP contribution in [0.2, 0.25) is 5.02 Å². The molecule has 21 heavy (non-hydrogen) atoms. The Hall–Kier alpha value is -1.19. The van der Waals surface area contributed by atoms with E-state index in [0.29, 0.717) is 10.9 Å². The fourth-order valence-corrected chi connectivity index (χ4v) is 3.09. The fourth-order valence-electron chi connectivity index (χ4n) is 2.12. The molecule has 0 fully saturated rings. The molecule has 0 aliphatic heterocycles. The van der Waals surface area contributed by atoms with Crippen molar-refractivity contribution in [1.82, 2.24) is 0 Å². The summed E-state index contributed by atoms with van der Waals surface area (Å²) >= 11 is 9.55. The predicted octanol–water partition coefficient (Wildman–Crippen LogP) is 5.85. The summed E-state index contributed by atoms with van der Waals surface area (Å²) in [6, 6.07) is 12.3. The first-order chi connectivity index (χ1) is 10.0. The molecule has 0 aromatic heterocycles. The molecule has 4 heteroatoms. The number of hydrogen-bond acceptors (Lipinski definition) is 2. The molecule has 112 valence electrons. The van der Waals surface area contributed by atoms with Crippen LogP contribution in [0.25, 0.3) is 0 Å². The first-order valence-corrected chi connectivity index (χ1v) is 8.04. The molecular formula is C17H19BrClNO. The van der Waals surface area contributed by atoms with Crippen molar-refractivity contribution in [2.45, 2.75) is 26.3 Å². The zero-order valence-electron chi connectivity index (χ0n) is 12.4. The summed E-state index contributed by atoms with van der Waals surface area (Å²) in [4.78, 5) is 0. The van der Waals surface area contributed by atoms with Crippen molar-refractivity contribution in [1.29, 1.82) is 0 Å². The third-order valence-electron chi connectivity index (χ3n) is 3.34. The second-order valence-corrected chi connectivity index (χ2v) is 6.51. The van der Waals surface area contributed by atoms with Crippen LogP contribution in [0, 0.1) is 0 Å². The molecule has 2 aromatic rings. The average molecular weight is 369 g/mol. The Labute approximate surface area is 139 Å². The van der Waals surface area contributed by atoms with Crippen molar-refractivity contribution >= 4 is 33.2 Å². The Balaban J connectivity index is 2.12. The Morgan fingerprint density at radius 1 is 1.19 bits per heavy atom. The van der Waals surface area contributed by atoms with Crippen LogP contribution in [-0.4, -0.2) is 7.11 Å². The van der Waals surface area contributed by atoms with E-state index in [4.69, 9.17) is 16.3 Å². The summed E-state index contributed by atoms with van der Waals surface area (Å²) in [7, 11) is 1.65. The summed E-state index contributed by atoms with van der Waals surface area (Å²) < 4.78 is 6.24. The molecular weight excluding hydrogens is 350 g/mol. The van der Waals surface area contributed by atoms with Gasteiger partial charge in [-0.2, -0.15) is 0 Å². The van der Waals surface area contributed by atoms with Crippen LogP contribution in [0.4, 0.5) is 5.69 Å². The van der Waals surface area contributed by atoms with Crippen molar-refractivity contribution in [2.75, 3.05) is 12.4 Å². The van der Waals surface area contributed by atoms with Crippen molar-refractivity contribution in [3.8, 4) is 5.75 Å². The third kappa shape index (κ3) is 4.14. The highest BCUT2D eigenvalue weighted by Crippen LogP contribution is 2.36. The molecule has 0 unspecified atom stereocenters. The summed E-state index contributed by atoms with van der Waals surface area (Å²) in [5.41, 5.74) is 3.45. The number of hydrogen-bond donors (Lipinski definition) is 1. The van der Waals surface area contributed by atoms with Gasteiger partial charge >= 0.3 is 0 Å². The number of ether oxygens (including phenoxy) is 1. The monoisotopic (exact) mass is 367 g/mol. The Kier molecular flexibility index (Phi) is 5.54. The van der Waals surface area contributed by atoms with Gasteiger partial charge in [0.25, 0.3) is 0 Å². The van der Waals surface area contributed by atoms with Gasteiger partial charge in [-0.15, -0.1) is 0 Å². The Morgan fingerprint density at radius 2 is 1.86 bits per heavy atom. The minimum atomic E-state index is 0.552. The molecule has 0 radical (unpaired) electrons. The topological polar surface area (TPSA) is 21.3 Å².